The maximum Gasteiger partial charge on any atom is 0.276 e. The summed E-state index contributed by atoms with van der Waals surface area (Å²) in [7, 11) is 0. The first-order chi connectivity index (χ1) is 10.1. The Labute approximate surface area is 124 Å². The topological polar surface area (TPSA) is 80.5 Å². The second-order valence-corrected chi connectivity index (χ2v) is 5.23. The molecule has 21 heavy (non-hydrogen) atoms. The lowest BCUT2D eigenvalue weighted by atomic mass is 10.3. The largest absolute Gasteiger partial charge is 0.377 e. The molecule has 1 unspecified atom stereocenters. The van der Waals surface area contributed by atoms with E-state index in [2.05, 4.69) is 15.2 Å². The van der Waals surface area contributed by atoms with Crippen LogP contribution in [0.1, 0.15) is 26.7 Å². The van der Waals surface area contributed by atoms with Gasteiger partial charge in [0.05, 0.1) is 23.2 Å². The Morgan fingerprint density at radius 1 is 1.57 bits per heavy atom. The summed E-state index contributed by atoms with van der Waals surface area (Å²) in [5.74, 6) is 1.19. The predicted molar refractivity (Wildman–Crippen MR) is 81.9 cm³/mol. The van der Waals surface area contributed by atoms with Gasteiger partial charge in [-0.25, -0.2) is 4.98 Å². The van der Waals surface area contributed by atoms with Gasteiger partial charge in [0.2, 0.25) is 0 Å². The van der Waals surface area contributed by atoms with E-state index in [1.807, 2.05) is 13.8 Å². The number of hydrogen-bond acceptors (Lipinski definition) is 6. The van der Waals surface area contributed by atoms with Crippen molar-refractivity contribution < 1.29 is 9.66 Å². The number of nitrogens with one attached hydrogen (secondary N) is 1. The molecule has 1 aromatic heterocycles. The Kier molecular flexibility index (Phi) is 5.32. The van der Waals surface area contributed by atoms with Gasteiger partial charge in [-0.2, -0.15) is 0 Å². The predicted octanol–water partition coefficient (Wildman–Crippen LogP) is 2.43. The molecule has 2 rings (SSSR count). The first kappa shape index (κ1) is 15.5. The van der Waals surface area contributed by atoms with Crippen molar-refractivity contribution in [3.8, 4) is 0 Å². The molecule has 1 aliphatic heterocycles. The highest BCUT2D eigenvalue weighted by molar-refractivity contribution is 5.56. The summed E-state index contributed by atoms with van der Waals surface area (Å²) in [6.07, 6.45) is 1.93. The summed E-state index contributed by atoms with van der Waals surface area (Å²) in [4.78, 5) is 17.3. The van der Waals surface area contributed by atoms with Crippen molar-refractivity contribution in [1.82, 2.24) is 4.98 Å². The van der Waals surface area contributed by atoms with Crippen LogP contribution in [0.3, 0.4) is 0 Å². The van der Waals surface area contributed by atoms with Crippen LogP contribution < -0.4 is 10.2 Å². The van der Waals surface area contributed by atoms with Crippen LogP contribution in [0.15, 0.2) is 12.1 Å². The molecule has 1 aliphatic rings. The lowest BCUT2D eigenvalue weighted by Gasteiger charge is -2.23. The molecule has 0 aromatic carbocycles. The van der Waals surface area contributed by atoms with Crippen LogP contribution in [-0.2, 0) is 4.74 Å². The first-order valence-corrected chi connectivity index (χ1v) is 7.37. The summed E-state index contributed by atoms with van der Waals surface area (Å²) < 4.78 is 5.61. The molecule has 0 radical (unpaired) electrons. The third kappa shape index (κ3) is 4.29. The maximum atomic E-state index is 11.1. The van der Waals surface area contributed by atoms with Crippen LogP contribution in [0.4, 0.5) is 17.3 Å². The summed E-state index contributed by atoms with van der Waals surface area (Å²) in [5, 5.41) is 14.2. The van der Waals surface area contributed by atoms with E-state index in [0.717, 1.165) is 25.9 Å². The number of rotatable bonds is 5. The van der Waals surface area contributed by atoms with Gasteiger partial charge in [0, 0.05) is 26.2 Å². The fraction of sp³-hybridized carbons (Fsp3) is 0.643. The number of nitrogens with zero attached hydrogens (tertiary/aromatic N) is 3. The Morgan fingerprint density at radius 2 is 2.38 bits per heavy atom. The van der Waals surface area contributed by atoms with E-state index in [9.17, 15) is 10.1 Å². The van der Waals surface area contributed by atoms with Crippen LogP contribution in [0.25, 0.3) is 0 Å². The quantitative estimate of drug-likeness (QED) is 0.663. The molecule has 0 aliphatic carbocycles. The number of ether oxygens (including phenoxy) is 1. The first-order valence-electron chi connectivity index (χ1n) is 7.37. The van der Waals surface area contributed by atoms with Gasteiger partial charge in [0.15, 0.2) is 0 Å². The van der Waals surface area contributed by atoms with Crippen molar-refractivity contribution in [3.63, 3.8) is 0 Å². The van der Waals surface area contributed by atoms with Gasteiger partial charge in [0.1, 0.15) is 11.6 Å². The molecule has 0 spiro atoms. The second-order valence-electron chi connectivity index (χ2n) is 5.23. The minimum absolute atomic E-state index is 0.0661. The molecule has 1 saturated heterocycles. The van der Waals surface area contributed by atoms with E-state index in [1.165, 1.54) is 12.1 Å². The molecule has 2 heterocycles. The second kappa shape index (κ2) is 7.21. The summed E-state index contributed by atoms with van der Waals surface area (Å²) in [6.45, 7) is 7.00. The molecule has 7 heteroatoms. The number of pyridine rings is 1. The highest BCUT2D eigenvalue weighted by Gasteiger charge is 2.20. The van der Waals surface area contributed by atoms with Crippen molar-refractivity contribution in [2.75, 3.05) is 36.5 Å². The summed E-state index contributed by atoms with van der Waals surface area (Å²) >= 11 is 0. The van der Waals surface area contributed by atoms with Gasteiger partial charge in [-0.05, 0) is 19.8 Å². The van der Waals surface area contributed by atoms with Gasteiger partial charge in [-0.15, -0.1) is 0 Å². The Hall–Kier alpha value is -1.89. The Bertz CT molecular complexity index is 495. The third-order valence-corrected chi connectivity index (χ3v) is 3.34. The van der Waals surface area contributed by atoms with Gasteiger partial charge < -0.3 is 15.0 Å². The van der Waals surface area contributed by atoms with Crippen molar-refractivity contribution in [1.29, 1.82) is 0 Å². The minimum atomic E-state index is -0.375. The number of anilines is 2. The van der Waals surface area contributed by atoms with E-state index in [0.29, 0.717) is 24.8 Å². The minimum Gasteiger partial charge on any atom is -0.377 e. The lowest BCUT2D eigenvalue weighted by Crippen LogP contribution is -2.31. The van der Waals surface area contributed by atoms with E-state index in [-0.39, 0.29) is 16.7 Å². The van der Waals surface area contributed by atoms with E-state index in [1.54, 1.807) is 0 Å². The highest BCUT2D eigenvalue weighted by Crippen LogP contribution is 2.24. The fourth-order valence-corrected chi connectivity index (χ4v) is 2.32. The smallest absolute Gasteiger partial charge is 0.276 e. The standard InChI is InChI=1S/C14H22N4O3/c1-3-5-15-13-8-12(18(19)20)9-14(16-13)17-6-4-7-21-11(2)10-17/h8-9,11H,3-7,10H2,1-2H3,(H,15,16). The molecule has 7 nitrogen and oxygen atoms in total. The zero-order chi connectivity index (χ0) is 15.2. The normalized spacial score (nSPS) is 19.1. The highest BCUT2D eigenvalue weighted by atomic mass is 16.6. The molecular weight excluding hydrogens is 272 g/mol. The van der Waals surface area contributed by atoms with Gasteiger partial charge in [-0.3, -0.25) is 10.1 Å². The summed E-state index contributed by atoms with van der Waals surface area (Å²) in [5.41, 5.74) is 0.0661. The lowest BCUT2D eigenvalue weighted by molar-refractivity contribution is -0.384. The van der Waals surface area contributed by atoms with Crippen molar-refractivity contribution in [2.24, 2.45) is 0 Å². The molecule has 0 bridgehead atoms. The molecule has 0 amide bonds. The van der Waals surface area contributed by atoms with Crippen molar-refractivity contribution >= 4 is 17.3 Å². The number of hydrogen-bond donors (Lipinski definition) is 1. The number of aromatic nitrogens is 1. The molecule has 1 atom stereocenters. The van der Waals surface area contributed by atoms with Crippen LogP contribution in [0, 0.1) is 10.1 Å². The zero-order valence-corrected chi connectivity index (χ0v) is 12.5. The van der Waals surface area contributed by atoms with Crippen LogP contribution in [0.5, 0.6) is 0 Å². The molecule has 116 valence electrons. The molecular formula is C14H22N4O3. The van der Waals surface area contributed by atoms with Crippen LogP contribution in [0.2, 0.25) is 0 Å². The van der Waals surface area contributed by atoms with Crippen LogP contribution >= 0.6 is 0 Å². The maximum absolute atomic E-state index is 11.1. The molecule has 1 aromatic rings. The molecule has 0 saturated carbocycles. The van der Waals surface area contributed by atoms with Gasteiger partial charge in [-0.1, -0.05) is 6.92 Å². The Morgan fingerprint density at radius 3 is 3.10 bits per heavy atom. The Balaban J connectivity index is 2.27. The SMILES string of the molecule is CCCNc1cc([N+](=O)[O-])cc(N2CCCOC(C)C2)n1. The molecule has 1 fully saturated rings. The monoisotopic (exact) mass is 294 g/mol. The summed E-state index contributed by atoms with van der Waals surface area (Å²) in [6, 6.07) is 3.02. The van der Waals surface area contributed by atoms with Crippen molar-refractivity contribution in [3.05, 3.63) is 22.2 Å². The van der Waals surface area contributed by atoms with Crippen molar-refractivity contribution in [2.45, 2.75) is 32.8 Å². The third-order valence-electron chi connectivity index (χ3n) is 3.34. The molecule has 1 N–H and O–H groups in total. The number of nitro groups is 1. The van der Waals surface area contributed by atoms with E-state index < -0.39 is 0 Å². The zero-order valence-electron chi connectivity index (χ0n) is 12.5. The van der Waals surface area contributed by atoms with E-state index in [4.69, 9.17) is 4.74 Å². The fourth-order valence-electron chi connectivity index (χ4n) is 2.32. The average Bonchev–Trinajstić information content (AvgIpc) is 2.69. The van der Waals surface area contributed by atoms with E-state index >= 15 is 0 Å². The van der Waals surface area contributed by atoms with Gasteiger partial charge in [0.25, 0.3) is 5.69 Å². The van der Waals surface area contributed by atoms with Crippen LogP contribution in [-0.4, -0.2) is 42.3 Å². The average molecular weight is 294 g/mol. The van der Waals surface area contributed by atoms with Gasteiger partial charge >= 0.3 is 0 Å².